The van der Waals surface area contributed by atoms with Gasteiger partial charge in [0.2, 0.25) is 0 Å². The number of hydrogen-bond donors (Lipinski definition) is 0. The summed E-state index contributed by atoms with van der Waals surface area (Å²) in [5, 5.41) is 0. The summed E-state index contributed by atoms with van der Waals surface area (Å²) < 4.78 is 19.1. The summed E-state index contributed by atoms with van der Waals surface area (Å²) >= 11 is 0. The Morgan fingerprint density at radius 2 is 1.92 bits per heavy atom. The van der Waals surface area contributed by atoms with E-state index in [-0.39, 0.29) is 17.3 Å². The monoisotopic (exact) mass is 338 g/mol. The van der Waals surface area contributed by atoms with Crippen LogP contribution in [0.25, 0.3) is 5.57 Å². The summed E-state index contributed by atoms with van der Waals surface area (Å²) in [7, 11) is 0. The Morgan fingerprint density at radius 1 is 1.16 bits per heavy atom. The van der Waals surface area contributed by atoms with Crippen molar-refractivity contribution in [1.82, 2.24) is 9.88 Å². The molecule has 2 aliphatic rings. The van der Waals surface area contributed by atoms with E-state index in [2.05, 4.69) is 4.98 Å². The van der Waals surface area contributed by atoms with E-state index < -0.39 is 0 Å². The molecule has 0 aliphatic carbocycles. The lowest BCUT2D eigenvalue weighted by Gasteiger charge is -2.39. The van der Waals surface area contributed by atoms with Crippen LogP contribution in [0.15, 0.2) is 55.1 Å². The lowest BCUT2D eigenvalue weighted by molar-refractivity contribution is -0.0190. The number of benzene rings is 1. The highest BCUT2D eigenvalue weighted by atomic mass is 19.1. The first-order valence-corrected chi connectivity index (χ1v) is 8.47. The van der Waals surface area contributed by atoms with Gasteiger partial charge in [-0.25, -0.2) is 4.39 Å². The number of halogens is 1. The van der Waals surface area contributed by atoms with Gasteiger partial charge in [-0.3, -0.25) is 9.78 Å². The molecule has 1 saturated heterocycles. The van der Waals surface area contributed by atoms with Gasteiger partial charge in [0.05, 0.1) is 12.8 Å². The van der Waals surface area contributed by atoms with E-state index in [0.717, 1.165) is 30.4 Å². The number of carbonyl (C=O) groups excluding carboxylic acids is 1. The molecule has 1 amide bonds. The quantitative estimate of drug-likeness (QED) is 0.839. The molecule has 5 heteroatoms. The van der Waals surface area contributed by atoms with Gasteiger partial charge in [-0.2, -0.15) is 0 Å². The maximum absolute atomic E-state index is 13.1. The van der Waals surface area contributed by atoms with E-state index in [0.29, 0.717) is 18.7 Å². The van der Waals surface area contributed by atoms with Crippen LogP contribution in [0.4, 0.5) is 4.39 Å². The van der Waals surface area contributed by atoms with E-state index in [9.17, 15) is 9.18 Å². The predicted molar refractivity (Wildman–Crippen MR) is 92.2 cm³/mol. The van der Waals surface area contributed by atoms with Gasteiger partial charge in [0.15, 0.2) is 0 Å². The van der Waals surface area contributed by atoms with Gasteiger partial charge in [-0.15, -0.1) is 0 Å². The molecule has 1 atom stereocenters. The molecule has 2 aromatic rings. The fourth-order valence-electron chi connectivity index (χ4n) is 3.65. The van der Waals surface area contributed by atoms with Crippen LogP contribution in [0, 0.1) is 5.82 Å². The average molecular weight is 338 g/mol. The third-order valence-electron chi connectivity index (χ3n) is 4.93. The Balaban J connectivity index is 1.48. The van der Waals surface area contributed by atoms with Crippen LogP contribution in [-0.2, 0) is 4.74 Å². The molecule has 1 fully saturated rings. The van der Waals surface area contributed by atoms with Gasteiger partial charge in [-0.1, -0.05) is 0 Å². The van der Waals surface area contributed by atoms with Crippen LogP contribution in [0.2, 0.25) is 0 Å². The average Bonchev–Trinajstić information content (AvgIpc) is 3.06. The smallest absolute Gasteiger partial charge is 0.253 e. The van der Waals surface area contributed by atoms with Gasteiger partial charge in [0.1, 0.15) is 11.4 Å². The number of pyridine rings is 1. The second-order valence-corrected chi connectivity index (χ2v) is 6.69. The van der Waals surface area contributed by atoms with Crippen LogP contribution in [-0.4, -0.2) is 34.5 Å². The molecule has 4 nitrogen and oxygen atoms in total. The van der Waals surface area contributed by atoms with Crippen molar-refractivity contribution in [2.75, 3.05) is 13.1 Å². The minimum Gasteiger partial charge on any atom is -0.492 e. The molecule has 1 aromatic carbocycles. The summed E-state index contributed by atoms with van der Waals surface area (Å²) in [4.78, 5) is 18.6. The molecule has 0 saturated carbocycles. The summed E-state index contributed by atoms with van der Waals surface area (Å²) in [6, 6.07) is 9.66. The molecule has 2 aliphatic heterocycles. The molecule has 4 rings (SSSR count). The Bertz CT molecular complexity index is 804. The molecule has 1 unspecified atom stereocenters. The fourth-order valence-corrected chi connectivity index (χ4v) is 3.65. The normalized spacial score (nSPS) is 22.6. The minimum atomic E-state index is -0.355. The number of carbonyl (C=O) groups is 1. The SMILES string of the molecule is O=C(c1ccc(F)cc1)N1CCCC2(CC(c3ccncc3)=CO2)C1. The zero-order valence-corrected chi connectivity index (χ0v) is 13.8. The van der Waals surface area contributed by atoms with Crippen LogP contribution >= 0.6 is 0 Å². The third-order valence-corrected chi connectivity index (χ3v) is 4.93. The fraction of sp³-hybridized carbons (Fsp3) is 0.300. The maximum atomic E-state index is 13.1. The summed E-state index contributed by atoms with van der Waals surface area (Å²) in [6.45, 7) is 1.25. The standard InChI is InChI=1S/C20H19FN2O2/c21-18-4-2-16(3-5-18)19(24)23-11-1-8-20(14-23)12-17(13-25-20)15-6-9-22-10-7-15/h2-7,9-10,13H,1,8,11-12,14H2. The molecular formula is C20H19FN2O2. The van der Waals surface area contributed by atoms with Crippen molar-refractivity contribution in [3.63, 3.8) is 0 Å². The van der Waals surface area contributed by atoms with E-state index >= 15 is 0 Å². The number of rotatable bonds is 2. The van der Waals surface area contributed by atoms with Crippen molar-refractivity contribution in [1.29, 1.82) is 0 Å². The summed E-state index contributed by atoms with van der Waals surface area (Å²) in [5.41, 5.74) is 2.40. The predicted octanol–water partition coefficient (Wildman–Crippen LogP) is 3.66. The number of piperidine rings is 1. The Labute approximate surface area is 145 Å². The van der Waals surface area contributed by atoms with E-state index in [4.69, 9.17) is 4.74 Å². The molecule has 128 valence electrons. The zero-order chi connectivity index (χ0) is 17.3. The lowest BCUT2D eigenvalue weighted by atomic mass is 9.86. The van der Waals surface area contributed by atoms with Crippen molar-refractivity contribution in [2.24, 2.45) is 0 Å². The molecule has 25 heavy (non-hydrogen) atoms. The first-order valence-electron chi connectivity index (χ1n) is 8.47. The Hall–Kier alpha value is -2.69. The first-order chi connectivity index (χ1) is 12.2. The first kappa shape index (κ1) is 15.8. The number of likely N-dealkylation sites (tertiary alicyclic amines) is 1. The maximum Gasteiger partial charge on any atom is 0.253 e. The largest absolute Gasteiger partial charge is 0.492 e. The highest BCUT2D eigenvalue weighted by molar-refractivity contribution is 5.94. The number of amides is 1. The van der Waals surface area contributed by atoms with Gasteiger partial charge in [0, 0.05) is 30.9 Å². The summed E-state index contributed by atoms with van der Waals surface area (Å²) in [5.74, 6) is -0.406. The number of ether oxygens (including phenoxy) is 1. The van der Waals surface area contributed by atoms with E-state index in [1.165, 1.54) is 24.3 Å². The van der Waals surface area contributed by atoms with Gasteiger partial charge >= 0.3 is 0 Å². The Morgan fingerprint density at radius 3 is 2.68 bits per heavy atom. The van der Waals surface area contributed by atoms with Crippen molar-refractivity contribution in [2.45, 2.75) is 24.9 Å². The van der Waals surface area contributed by atoms with E-state index in [1.54, 1.807) is 12.4 Å². The van der Waals surface area contributed by atoms with Gasteiger partial charge in [0.25, 0.3) is 5.91 Å². The molecule has 3 heterocycles. The third kappa shape index (κ3) is 3.14. The van der Waals surface area contributed by atoms with Crippen LogP contribution < -0.4 is 0 Å². The second-order valence-electron chi connectivity index (χ2n) is 6.69. The number of hydrogen-bond acceptors (Lipinski definition) is 3. The number of nitrogens with zero attached hydrogens (tertiary/aromatic N) is 2. The van der Waals surface area contributed by atoms with Crippen molar-refractivity contribution in [3.05, 3.63) is 72.0 Å². The van der Waals surface area contributed by atoms with Gasteiger partial charge in [-0.05, 0) is 60.4 Å². The highest BCUT2D eigenvalue weighted by Gasteiger charge is 2.42. The Kier molecular flexibility index (Phi) is 3.99. The lowest BCUT2D eigenvalue weighted by Crippen LogP contribution is -2.50. The van der Waals surface area contributed by atoms with Crippen molar-refractivity contribution < 1.29 is 13.9 Å². The van der Waals surface area contributed by atoms with Crippen LogP contribution in [0.5, 0.6) is 0 Å². The molecule has 0 radical (unpaired) electrons. The highest BCUT2D eigenvalue weighted by Crippen LogP contribution is 2.40. The number of aromatic nitrogens is 1. The molecular weight excluding hydrogens is 319 g/mol. The van der Waals surface area contributed by atoms with Gasteiger partial charge < -0.3 is 9.64 Å². The van der Waals surface area contributed by atoms with Crippen LogP contribution in [0.3, 0.4) is 0 Å². The van der Waals surface area contributed by atoms with Crippen molar-refractivity contribution in [3.8, 4) is 0 Å². The minimum absolute atomic E-state index is 0.0694. The zero-order valence-electron chi connectivity index (χ0n) is 13.8. The molecule has 1 spiro atoms. The summed E-state index contributed by atoms with van der Waals surface area (Å²) in [6.07, 6.45) is 7.96. The molecule has 1 aromatic heterocycles. The topological polar surface area (TPSA) is 42.4 Å². The van der Waals surface area contributed by atoms with Crippen LogP contribution in [0.1, 0.15) is 35.2 Å². The van der Waals surface area contributed by atoms with E-state index in [1.807, 2.05) is 23.3 Å². The molecule has 0 bridgehead atoms. The van der Waals surface area contributed by atoms with Crippen molar-refractivity contribution >= 4 is 11.5 Å². The molecule has 0 N–H and O–H groups in total. The second kappa shape index (κ2) is 6.31.